The molecule has 0 saturated heterocycles. The molecular formula is C13H20ClNO. The number of ether oxygens (including phenoxy) is 1. The summed E-state index contributed by atoms with van der Waals surface area (Å²) in [6.07, 6.45) is 0.947. The molecule has 0 saturated carbocycles. The highest BCUT2D eigenvalue weighted by atomic mass is 35.5. The number of rotatable bonds is 5. The molecule has 2 N–H and O–H groups in total. The minimum absolute atomic E-state index is 0.503. The molecule has 0 bridgehead atoms. The Kier molecular flexibility index (Phi) is 5.10. The maximum Gasteiger partial charge on any atom is 0.122 e. The van der Waals surface area contributed by atoms with Gasteiger partial charge in [-0.2, -0.15) is 0 Å². The number of hydrogen-bond acceptors (Lipinski definition) is 2. The summed E-state index contributed by atoms with van der Waals surface area (Å²) in [5.41, 5.74) is 6.83. The molecule has 0 radical (unpaired) electrons. The molecule has 1 aromatic carbocycles. The Balaban J connectivity index is 2.82. The second-order valence-corrected chi connectivity index (χ2v) is 4.79. The summed E-state index contributed by atoms with van der Waals surface area (Å²) in [7, 11) is 1.68. The summed E-state index contributed by atoms with van der Waals surface area (Å²) < 4.78 is 5.32. The van der Waals surface area contributed by atoms with Crippen molar-refractivity contribution in [3.8, 4) is 5.75 Å². The van der Waals surface area contributed by atoms with E-state index in [0.717, 1.165) is 22.8 Å². The Morgan fingerprint density at radius 3 is 2.56 bits per heavy atom. The van der Waals surface area contributed by atoms with Gasteiger partial charge in [0.25, 0.3) is 0 Å². The Labute approximate surface area is 103 Å². The van der Waals surface area contributed by atoms with Crippen molar-refractivity contribution in [2.45, 2.75) is 20.3 Å². The lowest BCUT2D eigenvalue weighted by Gasteiger charge is -2.19. The Hall–Kier alpha value is -0.730. The van der Waals surface area contributed by atoms with Crippen LogP contribution in [0.3, 0.4) is 0 Å². The normalized spacial score (nSPS) is 14.6. The lowest BCUT2D eigenvalue weighted by molar-refractivity contribution is 0.375. The quantitative estimate of drug-likeness (QED) is 0.860. The first-order valence-corrected chi connectivity index (χ1v) is 5.98. The summed E-state index contributed by atoms with van der Waals surface area (Å²) in [6.45, 7) is 5.09. The maximum atomic E-state index is 5.99. The lowest BCUT2D eigenvalue weighted by Crippen LogP contribution is -2.20. The van der Waals surface area contributed by atoms with Crippen LogP contribution in [-0.2, 0) is 6.42 Å². The van der Waals surface area contributed by atoms with Crippen LogP contribution >= 0.6 is 11.6 Å². The molecule has 0 fully saturated rings. The van der Waals surface area contributed by atoms with E-state index in [4.69, 9.17) is 22.1 Å². The molecule has 0 aliphatic rings. The van der Waals surface area contributed by atoms with Gasteiger partial charge in [-0.25, -0.2) is 0 Å². The first-order valence-electron chi connectivity index (χ1n) is 5.61. The van der Waals surface area contributed by atoms with Crippen LogP contribution in [0.15, 0.2) is 18.2 Å². The highest BCUT2D eigenvalue weighted by Crippen LogP contribution is 2.27. The van der Waals surface area contributed by atoms with E-state index in [2.05, 4.69) is 13.8 Å². The topological polar surface area (TPSA) is 35.2 Å². The molecule has 2 nitrogen and oxygen atoms in total. The van der Waals surface area contributed by atoms with Gasteiger partial charge in [0, 0.05) is 5.02 Å². The van der Waals surface area contributed by atoms with E-state index in [0.29, 0.717) is 18.4 Å². The van der Waals surface area contributed by atoms with E-state index in [-0.39, 0.29) is 0 Å². The van der Waals surface area contributed by atoms with E-state index >= 15 is 0 Å². The van der Waals surface area contributed by atoms with Crippen LogP contribution in [0.2, 0.25) is 5.02 Å². The summed E-state index contributed by atoms with van der Waals surface area (Å²) in [5.74, 6) is 1.93. The second-order valence-electron chi connectivity index (χ2n) is 4.35. The molecule has 2 unspecified atom stereocenters. The minimum Gasteiger partial charge on any atom is -0.496 e. The standard InChI is InChI=1S/C13H20ClNO/c1-9(10(2)8-15)6-11-7-12(14)4-5-13(11)16-3/h4-5,7,9-10H,6,8,15H2,1-3H3. The third-order valence-corrected chi connectivity index (χ3v) is 3.36. The lowest BCUT2D eigenvalue weighted by atomic mass is 9.89. The van der Waals surface area contributed by atoms with Crippen molar-refractivity contribution in [1.82, 2.24) is 0 Å². The molecule has 0 aromatic heterocycles. The van der Waals surface area contributed by atoms with E-state index in [1.807, 2.05) is 18.2 Å². The van der Waals surface area contributed by atoms with Gasteiger partial charge < -0.3 is 10.5 Å². The monoisotopic (exact) mass is 241 g/mol. The van der Waals surface area contributed by atoms with Crippen molar-refractivity contribution in [2.75, 3.05) is 13.7 Å². The number of halogens is 1. The predicted octanol–water partition coefficient (Wildman–Crippen LogP) is 3.12. The van der Waals surface area contributed by atoms with E-state index < -0.39 is 0 Å². The number of benzene rings is 1. The fourth-order valence-electron chi connectivity index (χ4n) is 1.69. The van der Waals surface area contributed by atoms with Gasteiger partial charge in [-0.1, -0.05) is 25.4 Å². The Bertz CT molecular complexity index is 341. The highest BCUT2D eigenvalue weighted by molar-refractivity contribution is 6.30. The smallest absolute Gasteiger partial charge is 0.122 e. The first kappa shape index (κ1) is 13.3. The van der Waals surface area contributed by atoms with Gasteiger partial charge in [0.1, 0.15) is 5.75 Å². The second kappa shape index (κ2) is 6.12. The molecule has 3 heteroatoms. The van der Waals surface area contributed by atoms with Crippen molar-refractivity contribution in [3.63, 3.8) is 0 Å². The van der Waals surface area contributed by atoms with Crippen molar-refractivity contribution in [3.05, 3.63) is 28.8 Å². The van der Waals surface area contributed by atoms with Crippen molar-refractivity contribution >= 4 is 11.6 Å². The molecular weight excluding hydrogens is 222 g/mol. The fourth-order valence-corrected chi connectivity index (χ4v) is 1.88. The third kappa shape index (κ3) is 3.39. The summed E-state index contributed by atoms with van der Waals surface area (Å²) in [4.78, 5) is 0. The van der Waals surface area contributed by atoms with E-state index in [1.54, 1.807) is 7.11 Å². The summed E-state index contributed by atoms with van der Waals surface area (Å²) in [6, 6.07) is 5.73. The molecule has 1 rings (SSSR count). The highest BCUT2D eigenvalue weighted by Gasteiger charge is 2.14. The maximum absolute atomic E-state index is 5.99. The van der Waals surface area contributed by atoms with Gasteiger partial charge in [0.2, 0.25) is 0 Å². The van der Waals surface area contributed by atoms with Crippen LogP contribution in [-0.4, -0.2) is 13.7 Å². The average molecular weight is 242 g/mol. The zero-order chi connectivity index (χ0) is 12.1. The molecule has 0 spiro atoms. The molecule has 2 atom stereocenters. The van der Waals surface area contributed by atoms with Gasteiger partial charge in [-0.15, -0.1) is 0 Å². The summed E-state index contributed by atoms with van der Waals surface area (Å²) >= 11 is 5.99. The average Bonchev–Trinajstić information content (AvgIpc) is 2.28. The molecule has 0 amide bonds. The zero-order valence-electron chi connectivity index (χ0n) is 10.2. The Morgan fingerprint density at radius 1 is 1.31 bits per heavy atom. The molecule has 16 heavy (non-hydrogen) atoms. The molecule has 90 valence electrons. The third-order valence-electron chi connectivity index (χ3n) is 3.13. The Morgan fingerprint density at radius 2 is 2.00 bits per heavy atom. The fraction of sp³-hybridized carbons (Fsp3) is 0.538. The van der Waals surface area contributed by atoms with Crippen LogP contribution < -0.4 is 10.5 Å². The van der Waals surface area contributed by atoms with Crippen LogP contribution in [0.1, 0.15) is 19.4 Å². The molecule has 0 heterocycles. The van der Waals surface area contributed by atoms with Crippen LogP contribution in [0.25, 0.3) is 0 Å². The van der Waals surface area contributed by atoms with Gasteiger partial charge >= 0.3 is 0 Å². The van der Waals surface area contributed by atoms with Gasteiger partial charge in [-0.05, 0) is 48.6 Å². The summed E-state index contributed by atoms with van der Waals surface area (Å²) in [5, 5.41) is 0.753. The van der Waals surface area contributed by atoms with Gasteiger partial charge in [0.15, 0.2) is 0 Å². The zero-order valence-corrected chi connectivity index (χ0v) is 10.9. The molecule has 0 aliphatic heterocycles. The predicted molar refractivity (Wildman–Crippen MR) is 69.1 cm³/mol. The molecule has 0 aliphatic carbocycles. The van der Waals surface area contributed by atoms with Gasteiger partial charge in [0.05, 0.1) is 7.11 Å². The van der Waals surface area contributed by atoms with Crippen molar-refractivity contribution in [2.24, 2.45) is 17.6 Å². The molecule has 1 aromatic rings. The van der Waals surface area contributed by atoms with Crippen LogP contribution in [0.4, 0.5) is 0 Å². The largest absolute Gasteiger partial charge is 0.496 e. The van der Waals surface area contributed by atoms with E-state index in [1.165, 1.54) is 0 Å². The number of methoxy groups -OCH3 is 1. The number of hydrogen-bond donors (Lipinski definition) is 1. The van der Waals surface area contributed by atoms with Crippen LogP contribution in [0.5, 0.6) is 5.75 Å². The van der Waals surface area contributed by atoms with Crippen molar-refractivity contribution in [1.29, 1.82) is 0 Å². The SMILES string of the molecule is COc1ccc(Cl)cc1CC(C)C(C)CN. The first-order chi connectivity index (χ1) is 7.58. The van der Waals surface area contributed by atoms with Crippen LogP contribution in [0, 0.1) is 11.8 Å². The minimum atomic E-state index is 0.503. The van der Waals surface area contributed by atoms with E-state index in [9.17, 15) is 0 Å². The van der Waals surface area contributed by atoms with Crippen molar-refractivity contribution < 1.29 is 4.74 Å². The number of nitrogens with two attached hydrogens (primary N) is 1. The van der Waals surface area contributed by atoms with Gasteiger partial charge in [-0.3, -0.25) is 0 Å².